The van der Waals surface area contributed by atoms with Crippen LogP contribution in [0.1, 0.15) is 50.5 Å². The van der Waals surface area contributed by atoms with E-state index in [0.717, 1.165) is 4.90 Å². The van der Waals surface area contributed by atoms with Gasteiger partial charge in [-0.25, -0.2) is 14.7 Å². The number of imide groups is 1. The molecule has 2 aromatic rings. The van der Waals surface area contributed by atoms with Crippen LogP contribution >= 0.6 is 0 Å². The Hall–Kier alpha value is -3.48. The zero-order chi connectivity index (χ0) is 19.6. The van der Waals surface area contributed by atoms with Crippen LogP contribution in [0.3, 0.4) is 0 Å². The average molecular weight is 366 g/mol. The van der Waals surface area contributed by atoms with Crippen LogP contribution in [0.25, 0.3) is 6.08 Å². The third-order valence-electron chi connectivity index (χ3n) is 3.90. The van der Waals surface area contributed by atoms with Gasteiger partial charge in [-0.3, -0.25) is 9.59 Å². The van der Waals surface area contributed by atoms with Crippen LogP contribution in [0.4, 0.5) is 0 Å². The second-order valence-corrected chi connectivity index (χ2v) is 6.11. The number of esters is 1. The monoisotopic (exact) mass is 366 g/mol. The van der Waals surface area contributed by atoms with Crippen LogP contribution in [0.15, 0.2) is 42.7 Å². The van der Waals surface area contributed by atoms with Crippen molar-refractivity contribution in [1.82, 2.24) is 9.88 Å². The van der Waals surface area contributed by atoms with E-state index >= 15 is 0 Å². The van der Waals surface area contributed by atoms with Gasteiger partial charge in [0.25, 0.3) is 11.8 Å². The van der Waals surface area contributed by atoms with Crippen LogP contribution in [0.2, 0.25) is 0 Å². The first kappa shape index (κ1) is 18.3. The first-order valence-corrected chi connectivity index (χ1v) is 8.32. The van der Waals surface area contributed by atoms with Crippen molar-refractivity contribution >= 4 is 23.9 Å². The highest BCUT2D eigenvalue weighted by Crippen LogP contribution is 2.24. The van der Waals surface area contributed by atoms with Crippen LogP contribution in [-0.4, -0.2) is 40.9 Å². The molecule has 0 atom stereocenters. The number of amides is 2. The van der Waals surface area contributed by atoms with Gasteiger partial charge in [0.2, 0.25) is 5.88 Å². The van der Waals surface area contributed by atoms with Crippen molar-refractivity contribution in [3.63, 3.8) is 0 Å². The Bertz CT molecular complexity index is 914. The Morgan fingerprint density at radius 1 is 1.15 bits per heavy atom. The molecule has 3 rings (SSSR count). The number of carbonyl (C=O) groups is 3. The number of nitrogens with zero attached hydrogens (tertiary/aromatic N) is 2. The number of aromatic nitrogens is 1. The molecule has 1 aromatic carbocycles. The van der Waals surface area contributed by atoms with E-state index in [-0.39, 0.29) is 17.5 Å². The van der Waals surface area contributed by atoms with E-state index < -0.39 is 17.8 Å². The molecule has 1 aliphatic heterocycles. The summed E-state index contributed by atoms with van der Waals surface area (Å²) in [7, 11) is 1.27. The van der Waals surface area contributed by atoms with E-state index in [1.165, 1.54) is 31.6 Å². The Kier molecular flexibility index (Phi) is 5.03. The second kappa shape index (κ2) is 7.41. The molecule has 1 aliphatic rings. The fraction of sp³-hybridized carbons (Fsp3) is 0.200. The number of methoxy groups -OCH3 is 1. The van der Waals surface area contributed by atoms with Crippen LogP contribution < -0.4 is 4.74 Å². The van der Waals surface area contributed by atoms with Crippen LogP contribution in [0, 0.1) is 0 Å². The second-order valence-electron chi connectivity index (χ2n) is 6.11. The van der Waals surface area contributed by atoms with Crippen molar-refractivity contribution in [2.75, 3.05) is 7.11 Å². The molecule has 0 saturated carbocycles. The van der Waals surface area contributed by atoms with E-state index in [1.807, 2.05) is 13.8 Å². The lowest BCUT2D eigenvalue weighted by molar-refractivity contribution is 0.0598. The minimum atomic E-state index is -0.576. The van der Waals surface area contributed by atoms with Gasteiger partial charge in [-0.2, -0.15) is 0 Å². The number of hydrogen-bond acceptors (Lipinski definition) is 6. The Balaban J connectivity index is 1.92. The first-order valence-electron chi connectivity index (χ1n) is 8.32. The van der Waals surface area contributed by atoms with Gasteiger partial charge in [-0.15, -0.1) is 0 Å². The van der Waals surface area contributed by atoms with E-state index in [4.69, 9.17) is 9.47 Å². The molecule has 1 aromatic heterocycles. The third-order valence-corrected chi connectivity index (χ3v) is 3.90. The highest BCUT2D eigenvalue weighted by atomic mass is 16.5. The molecule has 0 spiro atoms. The van der Waals surface area contributed by atoms with Gasteiger partial charge in [-0.05, 0) is 32.1 Å². The lowest BCUT2D eigenvalue weighted by atomic mass is 10.1. The number of rotatable bonds is 5. The largest absolute Gasteiger partial charge is 0.475 e. The summed E-state index contributed by atoms with van der Waals surface area (Å²) in [6, 6.07) is 8.06. The summed E-state index contributed by atoms with van der Waals surface area (Å²) in [5.41, 5.74) is 1.31. The van der Waals surface area contributed by atoms with Gasteiger partial charge in [0.1, 0.15) is 0 Å². The number of pyridine rings is 1. The standard InChI is InChI=1S/C20H18N2O5/c1-12(2)27-17-10-16(20(25)26-3)13(11-21-17)8-9-22-18(23)14-6-4-5-7-15(14)19(22)24/h4-12H,1-3H3. The highest BCUT2D eigenvalue weighted by Gasteiger charge is 2.33. The molecule has 2 heterocycles. The van der Waals surface area contributed by atoms with Crippen molar-refractivity contribution in [3.8, 4) is 5.88 Å². The molecule has 138 valence electrons. The molecule has 0 aliphatic carbocycles. The van der Waals surface area contributed by atoms with Crippen molar-refractivity contribution in [2.24, 2.45) is 0 Å². The van der Waals surface area contributed by atoms with Crippen molar-refractivity contribution in [3.05, 3.63) is 65.0 Å². The van der Waals surface area contributed by atoms with Crippen molar-refractivity contribution in [2.45, 2.75) is 20.0 Å². The lowest BCUT2D eigenvalue weighted by Crippen LogP contribution is -2.23. The van der Waals surface area contributed by atoms with E-state index in [2.05, 4.69) is 4.98 Å². The van der Waals surface area contributed by atoms with Gasteiger partial charge in [-0.1, -0.05) is 12.1 Å². The molecule has 0 unspecified atom stereocenters. The number of ether oxygens (including phenoxy) is 2. The van der Waals surface area contributed by atoms with Gasteiger partial charge in [0.15, 0.2) is 0 Å². The minimum Gasteiger partial charge on any atom is -0.475 e. The smallest absolute Gasteiger partial charge is 0.338 e. The molecule has 0 N–H and O–H groups in total. The molecule has 0 radical (unpaired) electrons. The first-order chi connectivity index (χ1) is 12.9. The zero-order valence-corrected chi connectivity index (χ0v) is 15.1. The fourth-order valence-electron chi connectivity index (χ4n) is 2.67. The molecule has 0 fully saturated rings. The summed E-state index contributed by atoms with van der Waals surface area (Å²) < 4.78 is 10.3. The SMILES string of the molecule is COC(=O)c1cc(OC(C)C)ncc1C=CN1C(=O)c2ccccc2C1=O. The van der Waals surface area contributed by atoms with Crippen molar-refractivity contribution in [1.29, 1.82) is 0 Å². The highest BCUT2D eigenvalue weighted by molar-refractivity contribution is 6.22. The van der Waals surface area contributed by atoms with Gasteiger partial charge in [0.05, 0.1) is 29.9 Å². The summed E-state index contributed by atoms with van der Waals surface area (Å²) in [5.74, 6) is -1.13. The number of hydrogen-bond donors (Lipinski definition) is 0. The fourth-order valence-corrected chi connectivity index (χ4v) is 2.67. The van der Waals surface area contributed by atoms with Crippen LogP contribution in [0.5, 0.6) is 5.88 Å². The molecular formula is C20H18N2O5. The Morgan fingerprint density at radius 3 is 2.33 bits per heavy atom. The van der Waals surface area contributed by atoms with Gasteiger partial charge in [0, 0.05) is 24.0 Å². The maximum Gasteiger partial charge on any atom is 0.338 e. The lowest BCUT2D eigenvalue weighted by Gasteiger charge is -2.12. The quantitative estimate of drug-likeness (QED) is 0.597. The summed E-state index contributed by atoms with van der Waals surface area (Å²) in [5, 5.41) is 0. The topological polar surface area (TPSA) is 85.8 Å². The van der Waals surface area contributed by atoms with Crippen LogP contribution in [-0.2, 0) is 4.74 Å². The normalized spacial score (nSPS) is 13.4. The minimum absolute atomic E-state index is 0.109. The molecule has 7 heteroatoms. The summed E-state index contributed by atoms with van der Waals surface area (Å²) >= 11 is 0. The van der Waals surface area contributed by atoms with E-state index in [0.29, 0.717) is 16.7 Å². The number of carbonyl (C=O) groups excluding carboxylic acids is 3. The molecule has 0 saturated heterocycles. The Morgan fingerprint density at radius 2 is 1.78 bits per heavy atom. The summed E-state index contributed by atoms with van der Waals surface area (Å²) in [6.07, 6.45) is 4.12. The molecular weight excluding hydrogens is 348 g/mol. The average Bonchev–Trinajstić information content (AvgIpc) is 2.90. The van der Waals surface area contributed by atoms with Gasteiger partial charge < -0.3 is 9.47 Å². The number of benzene rings is 1. The predicted molar refractivity (Wildman–Crippen MR) is 97.3 cm³/mol. The third kappa shape index (κ3) is 3.57. The predicted octanol–water partition coefficient (Wildman–Crippen LogP) is 2.92. The van der Waals surface area contributed by atoms with Crippen molar-refractivity contribution < 1.29 is 23.9 Å². The maximum absolute atomic E-state index is 12.4. The van der Waals surface area contributed by atoms with Gasteiger partial charge >= 0.3 is 5.97 Å². The van der Waals surface area contributed by atoms with E-state index in [1.54, 1.807) is 24.3 Å². The van der Waals surface area contributed by atoms with E-state index in [9.17, 15) is 14.4 Å². The zero-order valence-electron chi connectivity index (χ0n) is 15.1. The molecule has 27 heavy (non-hydrogen) atoms. The Labute approximate surface area is 156 Å². The maximum atomic E-state index is 12.4. The molecule has 7 nitrogen and oxygen atoms in total. The summed E-state index contributed by atoms with van der Waals surface area (Å²) in [4.78, 5) is 42.1. The number of fused-ring (bicyclic) bond motifs is 1. The molecule has 0 bridgehead atoms. The summed E-state index contributed by atoms with van der Waals surface area (Å²) in [6.45, 7) is 3.69. The molecule has 2 amide bonds.